The molecule has 0 spiro atoms. The first-order chi connectivity index (χ1) is 11.8. The molecule has 0 aliphatic heterocycles. The Morgan fingerprint density at radius 2 is 2.12 bits per heavy atom. The Balaban J connectivity index is 1.76. The molecule has 4 aromatic heterocycles. The van der Waals surface area contributed by atoms with E-state index in [4.69, 9.17) is 0 Å². The van der Waals surface area contributed by atoms with Crippen molar-refractivity contribution in [2.75, 3.05) is 0 Å². The van der Waals surface area contributed by atoms with Gasteiger partial charge in [-0.15, -0.1) is 0 Å². The van der Waals surface area contributed by atoms with Gasteiger partial charge in [0.15, 0.2) is 5.82 Å². The third-order valence-electron chi connectivity index (χ3n) is 4.14. The Kier molecular flexibility index (Phi) is 3.57. The summed E-state index contributed by atoms with van der Waals surface area (Å²) in [7, 11) is 0. The van der Waals surface area contributed by atoms with Gasteiger partial charge in [0.1, 0.15) is 5.69 Å². The van der Waals surface area contributed by atoms with Crippen LogP contribution in [-0.2, 0) is 13.0 Å². The third-order valence-corrected chi connectivity index (χ3v) is 4.14. The van der Waals surface area contributed by atoms with Crippen LogP contribution in [0.4, 0.5) is 4.39 Å². The van der Waals surface area contributed by atoms with Gasteiger partial charge in [0.05, 0.1) is 6.54 Å². The van der Waals surface area contributed by atoms with Gasteiger partial charge >= 0.3 is 0 Å². The zero-order chi connectivity index (χ0) is 16.5. The summed E-state index contributed by atoms with van der Waals surface area (Å²) in [5, 5.41) is 1.14. The average Bonchev–Trinajstić information content (AvgIpc) is 3.19. The molecule has 120 valence electrons. The van der Waals surface area contributed by atoms with E-state index in [0.717, 1.165) is 23.0 Å². The molecule has 6 heteroatoms. The molecule has 4 heterocycles. The van der Waals surface area contributed by atoms with E-state index in [0.29, 0.717) is 18.1 Å². The fraction of sp³-hybridized carbons (Fsp3) is 0.167. The van der Waals surface area contributed by atoms with E-state index in [2.05, 4.69) is 26.9 Å². The second kappa shape index (κ2) is 5.88. The number of H-pyrrole nitrogens is 1. The summed E-state index contributed by atoms with van der Waals surface area (Å²) in [5.41, 5.74) is 3.94. The fourth-order valence-corrected chi connectivity index (χ4v) is 3.06. The number of nitrogens with zero attached hydrogens (tertiary/aromatic N) is 4. The molecule has 24 heavy (non-hydrogen) atoms. The normalized spacial score (nSPS) is 11.2. The summed E-state index contributed by atoms with van der Waals surface area (Å²) in [5.74, 6) is 0.140. The van der Waals surface area contributed by atoms with Crippen LogP contribution in [0.25, 0.3) is 22.4 Å². The maximum absolute atomic E-state index is 13.4. The second-order valence-corrected chi connectivity index (χ2v) is 5.58. The Bertz CT molecular complexity index is 1000. The Morgan fingerprint density at radius 3 is 2.96 bits per heavy atom. The lowest BCUT2D eigenvalue weighted by atomic mass is 10.1. The topological polar surface area (TPSA) is 59.4 Å². The van der Waals surface area contributed by atoms with Crippen LogP contribution in [0.5, 0.6) is 0 Å². The van der Waals surface area contributed by atoms with Crippen molar-refractivity contribution in [3.63, 3.8) is 0 Å². The van der Waals surface area contributed by atoms with E-state index < -0.39 is 5.95 Å². The highest BCUT2D eigenvalue weighted by molar-refractivity contribution is 5.83. The first-order valence-corrected chi connectivity index (χ1v) is 7.83. The molecule has 0 atom stereocenters. The van der Waals surface area contributed by atoms with Crippen molar-refractivity contribution >= 4 is 10.9 Å². The molecule has 1 N–H and O–H groups in total. The van der Waals surface area contributed by atoms with Crippen LogP contribution in [0.3, 0.4) is 0 Å². The standard InChI is InChI=1S/C18H16FN5/c1-2-12-13-10-20-7-6-14(13)22-16(12)11-24-9-8-21-18(24)15-4-3-5-17(19)23-15/h3-10,22H,2,11H2,1H3. The van der Waals surface area contributed by atoms with E-state index in [1.807, 2.05) is 23.0 Å². The van der Waals surface area contributed by atoms with Gasteiger partial charge < -0.3 is 9.55 Å². The van der Waals surface area contributed by atoms with Crippen LogP contribution >= 0.6 is 0 Å². The minimum Gasteiger partial charge on any atom is -0.357 e. The molecule has 0 fully saturated rings. The van der Waals surface area contributed by atoms with E-state index in [-0.39, 0.29) is 0 Å². The summed E-state index contributed by atoms with van der Waals surface area (Å²) < 4.78 is 15.4. The summed E-state index contributed by atoms with van der Waals surface area (Å²) in [4.78, 5) is 16.0. The fourth-order valence-electron chi connectivity index (χ4n) is 3.06. The highest BCUT2D eigenvalue weighted by Crippen LogP contribution is 2.24. The zero-order valence-electron chi connectivity index (χ0n) is 13.2. The molecular formula is C18H16FN5. The van der Waals surface area contributed by atoms with Crippen molar-refractivity contribution in [3.8, 4) is 11.5 Å². The number of hydrogen-bond acceptors (Lipinski definition) is 3. The molecule has 4 aromatic rings. The lowest BCUT2D eigenvalue weighted by molar-refractivity contribution is 0.584. The number of fused-ring (bicyclic) bond motifs is 1. The van der Waals surface area contributed by atoms with Crippen LogP contribution in [0.1, 0.15) is 18.2 Å². The van der Waals surface area contributed by atoms with E-state index in [1.54, 1.807) is 24.5 Å². The van der Waals surface area contributed by atoms with Crippen LogP contribution in [0, 0.1) is 5.95 Å². The minimum atomic E-state index is -0.506. The molecule has 0 aliphatic carbocycles. The lowest BCUT2D eigenvalue weighted by Gasteiger charge is -2.08. The second-order valence-electron chi connectivity index (χ2n) is 5.58. The van der Waals surface area contributed by atoms with Crippen molar-refractivity contribution in [2.45, 2.75) is 19.9 Å². The van der Waals surface area contributed by atoms with E-state index >= 15 is 0 Å². The summed E-state index contributed by atoms with van der Waals surface area (Å²) in [6.07, 6.45) is 8.16. The molecule has 0 saturated carbocycles. The minimum absolute atomic E-state index is 0.506. The summed E-state index contributed by atoms with van der Waals surface area (Å²) in [6, 6.07) is 6.71. The van der Waals surface area contributed by atoms with Gasteiger partial charge in [-0.05, 0) is 30.2 Å². The zero-order valence-corrected chi connectivity index (χ0v) is 13.2. The highest BCUT2D eigenvalue weighted by Gasteiger charge is 2.13. The average molecular weight is 321 g/mol. The van der Waals surface area contributed by atoms with Gasteiger partial charge in [-0.25, -0.2) is 9.97 Å². The molecule has 0 unspecified atom stereocenters. The number of imidazole rings is 1. The number of nitrogens with one attached hydrogen (secondary N) is 1. The molecule has 0 radical (unpaired) electrons. The Labute approximate surface area is 138 Å². The number of aromatic amines is 1. The van der Waals surface area contributed by atoms with Crippen LogP contribution in [0.15, 0.2) is 49.1 Å². The van der Waals surface area contributed by atoms with Crippen molar-refractivity contribution in [2.24, 2.45) is 0 Å². The van der Waals surface area contributed by atoms with Gasteiger partial charge in [-0.1, -0.05) is 13.0 Å². The molecule has 0 saturated heterocycles. The first-order valence-electron chi connectivity index (χ1n) is 7.83. The van der Waals surface area contributed by atoms with Crippen LogP contribution in [-0.4, -0.2) is 24.5 Å². The van der Waals surface area contributed by atoms with Gasteiger partial charge in [-0.3, -0.25) is 4.98 Å². The van der Waals surface area contributed by atoms with Crippen molar-refractivity contribution < 1.29 is 4.39 Å². The van der Waals surface area contributed by atoms with E-state index in [9.17, 15) is 4.39 Å². The first kappa shape index (κ1) is 14.6. The molecule has 0 amide bonds. The molecule has 4 rings (SSSR count). The summed E-state index contributed by atoms with van der Waals surface area (Å²) >= 11 is 0. The van der Waals surface area contributed by atoms with E-state index in [1.165, 1.54) is 11.6 Å². The van der Waals surface area contributed by atoms with Gasteiger partial charge in [0.2, 0.25) is 5.95 Å². The predicted molar refractivity (Wildman–Crippen MR) is 90.0 cm³/mol. The van der Waals surface area contributed by atoms with Gasteiger partial charge in [-0.2, -0.15) is 4.39 Å². The summed E-state index contributed by atoms with van der Waals surface area (Å²) in [6.45, 7) is 2.74. The van der Waals surface area contributed by atoms with Gasteiger partial charge in [0, 0.05) is 41.4 Å². The Morgan fingerprint density at radius 1 is 1.21 bits per heavy atom. The number of halogens is 1. The van der Waals surface area contributed by atoms with Crippen molar-refractivity contribution in [3.05, 3.63) is 66.3 Å². The maximum atomic E-state index is 13.4. The van der Waals surface area contributed by atoms with Gasteiger partial charge in [0.25, 0.3) is 0 Å². The molecule has 0 bridgehead atoms. The number of pyridine rings is 2. The predicted octanol–water partition coefficient (Wildman–Crippen LogP) is 3.57. The lowest BCUT2D eigenvalue weighted by Crippen LogP contribution is -2.04. The van der Waals surface area contributed by atoms with Crippen LogP contribution < -0.4 is 0 Å². The molecule has 5 nitrogen and oxygen atoms in total. The quantitative estimate of drug-likeness (QED) is 0.585. The highest BCUT2D eigenvalue weighted by atomic mass is 19.1. The van der Waals surface area contributed by atoms with Crippen molar-refractivity contribution in [1.29, 1.82) is 0 Å². The largest absolute Gasteiger partial charge is 0.357 e. The SMILES string of the molecule is CCc1c(Cn2ccnc2-c2cccc(F)n2)[nH]c2ccncc12. The maximum Gasteiger partial charge on any atom is 0.213 e. The molecule has 0 aromatic carbocycles. The monoisotopic (exact) mass is 321 g/mol. The molecule has 0 aliphatic rings. The smallest absolute Gasteiger partial charge is 0.213 e. The third kappa shape index (κ3) is 2.46. The Hall–Kier alpha value is -3.02. The number of hydrogen-bond donors (Lipinski definition) is 1. The molecular weight excluding hydrogens is 305 g/mol. The number of aryl methyl sites for hydroxylation is 1. The number of rotatable bonds is 4. The van der Waals surface area contributed by atoms with Crippen molar-refractivity contribution in [1.82, 2.24) is 24.5 Å². The number of aromatic nitrogens is 5. The van der Waals surface area contributed by atoms with Crippen LogP contribution in [0.2, 0.25) is 0 Å².